The first kappa shape index (κ1) is 16.3. The van der Waals surface area contributed by atoms with Gasteiger partial charge in [-0.2, -0.15) is 5.10 Å². The molecule has 1 aromatic heterocycles. The Morgan fingerprint density at radius 1 is 1.39 bits per heavy atom. The highest BCUT2D eigenvalue weighted by Crippen LogP contribution is 2.32. The van der Waals surface area contributed by atoms with E-state index < -0.39 is 0 Å². The molecule has 1 amide bonds. The molecule has 1 N–H and O–H groups in total. The van der Waals surface area contributed by atoms with Crippen LogP contribution in [-0.2, 0) is 6.54 Å². The minimum atomic E-state index is -0.155. The summed E-state index contributed by atoms with van der Waals surface area (Å²) in [5.74, 6) is 0.438. The van der Waals surface area contributed by atoms with Crippen LogP contribution in [0.1, 0.15) is 41.4 Å². The molecule has 2 aromatic rings. The minimum Gasteiger partial charge on any atom is -0.349 e. The molecule has 4 nitrogen and oxygen atoms in total. The second kappa shape index (κ2) is 6.54. The van der Waals surface area contributed by atoms with E-state index in [9.17, 15) is 4.79 Å². The van der Waals surface area contributed by atoms with Crippen LogP contribution in [0, 0.1) is 12.8 Å². The van der Waals surface area contributed by atoms with Crippen molar-refractivity contribution in [1.82, 2.24) is 15.1 Å². The molecule has 1 aromatic carbocycles. The fraction of sp³-hybridized carbons (Fsp3) is 0.412. The van der Waals surface area contributed by atoms with E-state index in [0.717, 1.165) is 5.56 Å². The third-order valence-electron chi connectivity index (χ3n) is 4.26. The van der Waals surface area contributed by atoms with Gasteiger partial charge in [-0.1, -0.05) is 41.4 Å². The molecule has 1 aliphatic rings. The van der Waals surface area contributed by atoms with Crippen LogP contribution < -0.4 is 5.32 Å². The SMILES string of the molecule is Cc1nn(Cc2ccccc2Cl)c(Cl)c1C(=O)NC(C)C1CC1. The van der Waals surface area contributed by atoms with Gasteiger partial charge in [0, 0.05) is 11.1 Å². The number of hydrogen-bond acceptors (Lipinski definition) is 2. The normalized spacial score (nSPS) is 15.5. The maximum absolute atomic E-state index is 12.5. The zero-order valence-electron chi connectivity index (χ0n) is 13.1. The van der Waals surface area contributed by atoms with Gasteiger partial charge in [-0.25, -0.2) is 4.68 Å². The van der Waals surface area contributed by atoms with E-state index in [2.05, 4.69) is 10.4 Å². The van der Waals surface area contributed by atoms with E-state index in [1.165, 1.54) is 12.8 Å². The average molecular weight is 352 g/mol. The van der Waals surface area contributed by atoms with Crippen molar-refractivity contribution in [3.63, 3.8) is 0 Å². The topological polar surface area (TPSA) is 46.9 Å². The highest BCUT2D eigenvalue weighted by atomic mass is 35.5. The fourth-order valence-corrected chi connectivity index (χ4v) is 3.21. The number of halogens is 2. The molecule has 6 heteroatoms. The number of rotatable bonds is 5. The predicted octanol–water partition coefficient (Wildman–Crippen LogP) is 4.07. The Kier molecular flexibility index (Phi) is 4.64. The molecular weight excluding hydrogens is 333 g/mol. The number of hydrogen-bond donors (Lipinski definition) is 1. The first-order valence-corrected chi connectivity index (χ1v) is 8.50. The van der Waals surface area contributed by atoms with Crippen molar-refractivity contribution in [2.75, 3.05) is 0 Å². The summed E-state index contributed by atoms with van der Waals surface area (Å²) in [6, 6.07) is 7.71. The molecule has 1 aliphatic carbocycles. The van der Waals surface area contributed by atoms with Crippen molar-refractivity contribution < 1.29 is 4.79 Å². The third-order valence-corrected chi connectivity index (χ3v) is 5.01. The van der Waals surface area contributed by atoms with Crippen LogP contribution in [0.25, 0.3) is 0 Å². The molecule has 0 spiro atoms. The standard InChI is InChI=1S/C17H19Cl2N3O/c1-10(12-7-8-12)20-17(23)15-11(2)21-22(16(15)19)9-13-5-3-4-6-14(13)18/h3-6,10,12H,7-9H2,1-2H3,(H,20,23). The summed E-state index contributed by atoms with van der Waals surface area (Å²) in [5.41, 5.74) is 1.99. The largest absolute Gasteiger partial charge is 0.349 e. The van der Waals surface area contributed by atoms with E-state index in [-0.39, 0.29) is 11.9 Å². The Morgan fingerprint density at radius 2 is 2.09 bits per heavy atom. The van der Waals surface area contributed by atoms with Crippen molar-refractivity contribution in [2.24, 2.45) is 5.92 Å². The molecule has 1 unspecified atom stereocenters. The highest BCUT2D eigenvalue weighted by Gasteiger charge is 2.30. The molecule has 0 bridgehead atoms. The monoisotopic (exact) mass is 351 g/mol. The van der Waals surface area contributed by atoms with Crippen molar-refractivity contribution in [1.29, 1.82) is 0 Å². The van der Waals surface area contributed by atoms with E-state index in [0.29, 0.717) is 33.9 Å². The van der Waals surface area contributed by atoms with E-state index >= 15 is 0 Å². The zero-order valence-corrected chi connectivity index (χ0v) is 14.7. The first-order chi connectivity index (χ1) is 11.0. The zero-order chi connectivity index (χ0) is 16.6. The lowest BCUT2D eigenvalue weighted by molar-refractivity contribution is 0.0935. The van der Waals surface area contributed by atoms with Gasteiger partial charge in [0.15, 0.2) is 0 Å². The number of aromatic nitrogens is 2. The second-order valence-corrected chi connectivity index (χ2v) is 6.87. The lowest BCUT2D eigenvalue weighted by Gasteiger charge is -2.12. The Labute approximate surface area is 145 Å². The van der Waals surface area contributed by atoms with Gasteiger partial charge in [-0.05, 0) is 44.2 Å². The molecule has 0 aliphatic heterocycles. The molecule has 1 fully saturated rings. The van der Waals surface area contributed by atoms with Gasteiger partial charge in [-0.3, -0.25) is 4.79 Å². The van der Waals surface area contributed by atoms with Crippen LogP contribution in [-0.4, -0.2) is 21.7 Å². The maximum atomic E-state index is 12.5. The Hall–Kier alpha value is -1.52. The fourth-order valence-electron chi connectivity index (χ4n) is 2.70. The van der Waals surface area contributed by atoms with Crippen LogP contribution >= 0.6 is 23.2 Å². The predicted molar refractivity (Wildman–Crippen MR) is 92.2 cm³/mol. The molecule has 0 saturated heterocycles. The van der Waals surface area contributed by atoms with Gasteiger partial charge in [0.25, 0.3) is 5.91 Å². The molecule has 23 heavy (non-hydrogen) atoms. The quantitative estimate of drug-likeness (QED) is 0.882. The molecule has 0 radical (unpaired) electrons. The molecular formula is C17H19Cl2N3O. The van der Waals surface area contributed by atoms with E-state index in [4.69, 9.17) is 23.2 Å². The average Bonchev–Trinajstić information content (AvgIpc) is 3.29. The molecule has 3 rings (SSSR count). The summed E-state index contributed by atoms with van der Waals surface area (Å²) in [6.07, 6.45) is 2.36. The van der Waals surface area contributed by atoms with Crippen LogP contribution in [0.15, 0.2) is 24.3 Å². The number of aryl methyl sites for hydroxylation is 1. The summed E-state index contributed by atoms with van der Waals surface area (Å²) in [6.45, 7) is 4.27. The Balaban J connectivity index is 1.81. The molecule has 1 atom stereocenters. The number of amides is 1. The van der Waals surface area contributed by atoms with Crippen LogP contribution in [0.3, 0.4) is 0 Å². The van der Waals surface area contributed by atoms with Gasteiger partial charge < -0.3 is 5.32 Å². The van der Waals surface area contributed by atoms with Crippen molar-refractivity contribution >= 4 is 29.1 Å². The Bertz CT molecular complexity index is 737. The minimum absolute atomic E-state index is 0.155. The number of nitrogens with one attached hydrogen (secondary N) is 1. The number of benzene rings is 1. The first-order valence-electron chi connectivity index (χ1n) is 7.74. The highest BCUT2D eigenvalue weighted by molar-refractivity contribution is 6.33. The second-order valence-electron chi connectivity index (χ2n) is 6.10. The summed E-state index contributed by atoms with van der Waals surface area (Å²) >= 11 is 12.6. The summed E-state index contributed by atoms with van der Waals surface area (Å²) in [4.78, 5) is 12.5. The van der Waals surface area contributed by atoms with E-state index in [1.807, 2.05) is 31.2 Å². The van der Waals surface area contributed by atoms with Gasteiger partial charge in [0.2, 0.25) is 0 Å². The Morgan fingerprint density at radius 3 is 2.74 bits per heavy atom. The van der Waals surface area contributed by atoms with Crippen LogP contribution in [0.5, 0.6) is 0 Å². The van der Waals surface area contributed by atoms with Crippen molar-refractivity contribution in [2.45, 2.75) is 39.3 Å². The lowest BCUT2D eigenvalue weighted by Crippen LogP contribution is -2.34. The summed E-state index contributed by atoms with van der Waals surface area (Å²) in [5, 5.41) is 8.43. The van der Waals surface area contributed by atoms with Crippen molar-refractivity contribution in [3.8, 4) is 0 Å². The van der Waals surface area contributed by atoms with E-state index in [1.54, 1.807) is 11.6 Å². The van der Waals surface area contributed by atoms with Gasteiger partial charge >= 0.3 is 0 Å². The number of nitrogens with zero attached hydrogens (tertiary/aromatic N) is 2. The molecule has 1 heterocycles. The van der Waals surface area contributed by atoms with Gasteiger partial charge in [0.1, 0.15) is 5.15 Å². The van der Waals surface area contributed by atoms with Crippen LogP contribution in [0.4, 0.5) is 0 Å². The van der Waals surface area contributed by atoms with Gasteiger partial charge in [0.05, 0.1) is 17.8 Å². The lowest BCUT2D eigenvalue weighted by atomic mass is 10.2. The maximum Gasteiger partial charge on any atom is 0.256 e. The smallest absolute Gasteiger partial charge is 0.256 e. The number of carbonyl (C=O) groups excluding carboxylic acids is 1. The molecule has 1 saturated carbocycles. The van der Waals surface area contributed by atoms with Crippen LogP contribution in [0.2, 0.25) is 10.2 Å². The van der Waals surface area contributed by atoms with Crippen molar-refractivity contribution in [3.05, 3.63) is 51.3 Å². The third kappa shape index (κ3) is 3.54. The molecule has 122 valence electrons. The van der Waals surface area contributed by atoms with Gasteiger partial charge in [-0.15, -0.1) is 0 Å². The summed E-state index contributed by atoms with van der Waals surface area (Å²) in [7, 11) is 0. The number of carbonyl (C=O) groups is 1. The summed E-state index contributed by atoms with van der Waals surface area (Å²) < 4.78 is 1.62.